The van der Waals surface area contributed by atoms with E-state index < -0.39 is 5.97 Å². The first-order valence-corrected chi connectivity index (χ1v) is 7.34. The van der Waals surface area contributed by atoms with E-state index in [1.165, 1.54) is 7.11 Å². The average molecular weight is 311 g/mol. The van der Waals surface area contributed by atoms with Crippen molar-refractivity contribution in [2.45, 2.75) is 25.7 Å². The van der Waals surface area contributed by atoms with Crippen LogP contribution < -0.4 is 5.73 Å². The van der Waals surface area contributed by atoms with Crippen molar-refractivity contribution in [3.8, 4) is 0 Å². The molecule has 0 saturated carbocycles. The van der Waals surface area contributed by atoms with Crippen LogP contribution in [0, 0.1) is 6.92 Å². The molecule has 6 heteroatoms. The van der Waals surface area contributed by atoms with Gasteiger partial charge >= 0.3 is 5.97 Å². The lowest BCUT2D eigenvalue weighted by molar-refractivity contribution is 0.0598. The summed E-state index contributed by atoms with van der Waals surface area (Å²) in [7, 11) is 1.34. The van der Waals surface area contributed by atoms with E-state index in [-0.39, 0.29) is 17.6 Å². The highest BCUT2D eigenvalue weighted by atomic mass is 16.5. The molecule has 0 bridgehead atoms. The highest BCUT2D eigenvalue weighted by Crippen LogP contribution is 2.34. The number of methoxy groups -OCH3 is 1. The number of ether oxygens (including phenoxy) is 1. The predicted molar refractivity (Wildman–Crippen MR) is 84.4 cm³/mol. The molecule has 1 aromatic heterocycles. The van der Waals surface area contributed by atoms with Gasteiger partial charge in [0.05, 0.1) is 29.6 Å². The Hall–Kier alpha value is -2.76. The number of ketones is 1. The Kier molecular flexibility index (Phi) is 3.82. The summed E-state index contributed by atoms with van der Waals surface area (Å²) >= 11 is 0. The van der Waals surface area contributed by atoms with Crippen molar-refractivity contribution in [1.82, 2.24) is 9.97 Å². The van der Waals surface area contributed by atoms with Crippen LogP contribution in [0.15, 0.2) is 24.3 Å². The van der Waals surface area contributed by atoms with E-state index in [1.807, 2.05) is 12.1 Å². The second-order valence-electron chi connectivity index (χ2n) is 5.60. The van der Waals surface area contributed by atoms with Gasteiger partial charge in [-0.05, 0) is 30.9 Å². The summed E-state index contributed by atoms with van der Waals surface area (Å²) in [5.74, 6) is -0.388. The molecule has 1 aliphatic carbocycles. The van der Waals surface area contributed by atoms with Crippen molar-refractivity contribution < 1.29 is 14.3 Å². The van der Waals surface area contributed by atoms with Crippen LogP contribution >= 0.6 is 0 Å². The van der Waals surface area contributed by atoms with Gasteiger partial charge in [-0.2, -0.15) is 0 Å². The molecule has 2 aromatic rings. The topological polar surface area (TPSA) is 95.2 Å². The highest BCUT2D eigenvalue weighted by Gasteiger charge is 2.31. The number of Topliss-reactive ketones (excluding diaryl/α,β-unsaturated/α-hetero) is 1. The zero-order chi connectivity index (χ0) is 16.6. The first-order valence-electron chi connectivity index (χ1n) is 7.34. The third kappa shape index (κ3) is 2.67. The monoisotopic (exact) mass is 311 g/mol. The van der Waals surface area contributed by atoms with Gasteiger partial charge in [0.15, 0.2) is 5.78 Å². The normalized spacial score (nSPS) is 16.8. The second kappa shape index (κ2) is 5.79. The molecule has 6 nitrogen and oxygen atoms in total. The van der Waals surface area contributed by atoms with Gasteiger partial charge in [-0.25, -0.2) is 14.8 Å². The second-order valence-corrected chi connectivity index (χ2v) is 5.60. The van der Waals surface area contributed by atoms with Gasteiger partial charge in [0, 0.05) is 6.42 Å². The maximum atomic E-state index is 12.5. The van der Waals surface area contributed by atoms with Gasteiger partial charge in [0.25, 0.3) is 0 Å². The molecule has 0 spiro atoms. The molecule has 0 fully saturated rings. The smallest absolute Gasteiger partial charge is 0.338 e. The number of fused-ring (bicyclic) bond motifs is 1. The maximum Gasteiger partial charge on any atom is 0.338 e. The molecule has 1 atom stereocenters. The quantitative estimate of drug-likeness (QED) is 0.853. The van der Waals surface area contributed by atoms with Crippen LogP contribution in [0.1, 0.15) is 50.0 Å². The van der Waals surface area contributed by atoms with Gasteiger partial charge in [-0.1, -0.05) is 18.2 Å². The number of aryl methyl sites for hydroxylation is 1. The fraction of sp³-hybridized carbons (Fsp3) is 0.294. The summed E-state index contributed by atoms with van der Waals surface area (Å²) in [4.78, 5) is 32.8. The first kappa shape index (κ1) is 15.1. The summed E-state index contributed by atoms with van der Waals surface area (Å²) in [5, 5.41) is 0. The lowest BCUT2D eigenvalue weighted by Gasteiger charge is -2.25. The van der Waals surface area contributed by atoms with E-state index in [0.717, 1.165) is 5.56 Å². The number of esters is 1. The van der Waals surface area contributed by atoms with Crippen LogP contribution in [0.5, 0.6) is 0 Å². The maximum absolute atomic E-state index is 12.5. The molecular weight excluding hydrogens is 294 g/mol. The number of hydrogen-bond donors (Lipinski definition) is 1. The van der Waals surface area contributed by atoms with Crippen molar-refractivity contribution in [3.63, 3.8) is 0 Å². The van der Waals surface area contributed by atoms with E-state index >= 15 is 0 Å². The van der Waals surface area contributed by atoms with Crippen LogP contribution in [0.25, 0.3) is 0 Å². The zero-order valence-corrected chi connectivity index (χ0v) is 13.0. The zero-order valence-electron chi connectivity index (χ0n) is 13.0. The fourth-order valence-corrected chi connectivity index (χ4v) is 3.17. The van der Waals surface area contributed by atoms with Crippen molar-refractivity contribution in [3.05, 3.63) is 52.3 Å². The number of hydrogen-bond acceptors (Lipinski definition) is 6. The molecule has 0 amide bonds. The van der Waals surface area contributed by atoms with Gasteiger partial charge in [0.2, 0.25) is 5.95 Å². The van der Waals surface area contributed by atoms with Crippen LogP contribution in [0.3, 0.4) is 0 Å². The minimum absolute atomic E-state index is 0.0200. The third-order valence-electron chi connectivity index (χ3n) is 4.14. The van der Waals surface area contributed by atoms with Crippen LogP contribution in [0.4, 0.5) is 5.95 Å². The lowest BCUT2D eigenvalue weighted by Crippen LogP contribution is -2.24. The Labute approximate surface area is 133 Å². The van der Waals surface area contributed by atoms with Crippen LogP contribution in [0.2, 0.25) is 0 Å². The number of nitrogens with zero attached hydrogens (tertiary/aromatic N) is 2. The fourth-order valence-electron chi connectivity index (χ4n) is 3.17. The van der Waals surface area contributed by atoms with Gasteiger partial charge in [0.1, 0.15) is 0 Å². The van der Waals surface area contributed by atoms with E-state index in [2.05, 4.69) is 9.97 Å². The molecule has 1 aliphatic rings. The standard InChI is InChI=1S/C17H17N3O3/c1-9-15-13(20-17(18)19-9)7-10(8-14(15)21)11-5-3-4-6-12(11)16(22)23-2/h3-6,10H,7-8H2,1-2H3,(H2,18,19,20). The number of nitrogen functional groups attached to an aromatic ring is 1. The van der Waals surface area contributed by atoms with Crippen LogP contribution in [-0.2, 0) is 11.2 Å². The summed E-state index contributed by atoms with van der Waals surface area (Å²) in [5.41, 5.74) is 8.80. The van der Waals surface area contributed by atoms with Gasteiger partial charge in [-0.15, -0.1) is 0 Å². The Morgan fingerprint density at radius 1 is 1.26 bits per heavy atom. The molecule has 23 heavy (non-hydrogen) atoms. The number of benzene rings is 1. The van der Waals surface area contributed by atoms with Crippen LogP contribution in [-0.4, -0.2) is 28.8 Å². The number of carbonyl (C=O) groups is 2. The summed E-state index contributed by atoms with van der Waals surface area (Å²) < 4.78 is 4.83. The molecule has 1 heterocycles. The minimum Gasteiger partial charge on any atom is -0.465 e. The van der Waals surface area contributed by atoms with Gasteiger partial charge in [-0.3, -0.25) is 4.79 Å². The summed E-state index contributed by atoms with van der Waals surface area (Å²) in [6.07, 6.45) is 0.859. The average Bonchev–Trinajstić information content (AvgIpc) is 2.53. The van der Waals surface area contributed by atoms with Gasteiger partial charge < -0.3 is 10.5 Å². The Balaban J connectivity index is 2.05. The third-order valence-corrected chi connectivity index (χ3v) is 4.14. The SMILES string of the molecule is COC(=O)c1ccccc1C1CC(=O)c2c(C)nc(N)nc2C1. The molecule has 0 saturated heterocycles. The molecule has 118 valence electrons. The van der Waals surface area contributed by atoms with E-state index in [4.69, 9.17) is 10.5 Å². The Morgan fingerprint density at radius 2 is 2.00 bits per heavy atom. The lowest BCUT2D eigenvalue weighted by atomic mass is 9.79. The highest BCUT2D eigenvalue weighted by molar-refractivity contribution is 6.00. The van der Waals surface area contributed by atoms with Crippen molar-refractivity contribution in [1.29, 1.82) is 0 Å². The Bertz CT molecular complexity index is 802. The molecule has 1 unspecified atom stereocenters. The first-order chi connectivity index (χ1) is 11.0. The molecule has 3 rings (SSSR count). The molecule has 0 radical (unpaired) electrons. The van der Waals surface area contributed by atoms with Crippen molar-refractivity contribution in [2.24, 2.45) is 0 Å². The largest absolute Gasteiger partial charge is 0.465 e. The number of nitrogens with two attached hydrogens (primary N) is 1. The van der Waals surface area contributed by atoms with E-state index in [1.54, 1.807) is 19.1 Å². The predicted octanol–water partition coefficient (Wildman–Crippen LogP) is 2.07. The number of aromatic nitrogens is 2. The van der Waals surface area contributed by atoms with Crippen molar-refractivity contribution in [2.75, 3.05) is 12.8 Å². The molecule has 0 aliphatic heterocycles. The van der Waals surface area contributed by atoms with Crippen molar-refractivity contribution >= 4 is 17.7 Å². The molecule has 1 aromatic carbocycles. The molecular formula is C17H17N3O3. The Morgan fingerprint density at radius 3 is 2.74 bits per heavy atom. The number of carbonyl (C=O) groups excluding carboxylic acids is 2. The number of rotatable bonds is 2. The van der Waals surface area contributed by atoms with E-state index in [0.29, 0.717) is 35.4 Å². The summed E-state index contributed by atoms with van der Waals surface area (Å²) in [6.45, 7) is 1.76. The minimum atomic E-state index is -0.405. The summed E-state index contributed by atoms with van der Waals surface area (Å²) in [6, 6.07) is 7.19. The molecule has 2 N–H and O–H groups in total. The number of anilines is 1. The van der Waals surface area contributed by atoms with E-state index in [9.17, 15) is 9.59 Å².